The third kappa shape index (κ3) is 5.20. The molecule has 0 atom stereocenters. The number of benzene rings is 8. The van der Waals surface area contributed by atoms with Gasteiger partial charge in [-0.05, 0) is 98.9 Å². The predicted molar refractivity (Wildman–Crippen MR) is 269 cm³/mol. The highest BCUT2D eigenvalue weighted by Gasteiger charge is 2.37. The summed E-state index contributed by atoms with van der Waals surface area (Å²) in [4.78, 5) is 5.23. The molecule has 4 heterocycles. The Hall–Kier alpha value is -6.47. The fourth-order valence-electron chi connectivity index (χ4n) is 10.4. The summed E-state index contributed by atoms with van der Waals surface area (Å²) in [5.41, 5.74) is 19.5. The van der Waals surface area contributed by atoms with E-state index >= 15 is 0 Å². The average Bonchev–Trinajstić information content (AvgIpc) is 4.01. The van der Waals surface area contributed by atoms with Crippen LogP contribution in [0.1, 0.15) is 51.3 Å². The Balaban J connectivity index is 1.09. The zero-order valence-corrected chi connectivity index (χ0v) is 36.9. The molecule has 0 fully saturated rings. The quantitative estimate of drug-likeness (QED) is 0.179. The van der Waals surface area contributed by atoms with Crippen molar-refractivity contribution in [2.75, 3.05) is 5.32 Å². The van der Waals surface area contributed by atoms with Gasteiger partial charge in [-0.3, -0.25) is 0 Å². The number of anilines is 2. The fraction of sp³-hybridized carbons (Fsp3) is 0.125. The van der Waals surface area contributed by atoms with Gasteiger partial charge in [0, 0.05) is 70.1 Å². The van der Waals surface area contributed by atoms with Crippen molar-refractivity contribution in [1.29, 1.82) is 0 Å². The molecule has 13 rings (SSSR count). The Kier molecular flexibility index (Phi) is 7.47. The Morgan fingerprint density at radius 1 is 0.597 bits per heavy atom. The van der Waals surface area contributed by atoms with Gasteiger partial charge in [0.1, 0.15) is 5.01 Å². The second-order valence-corrected chi connectivity index (χ2v) is 20.8. The van der Waals surface area contributed by atoms with Crippen molar-refractivity contribution in [2.24, 2.45) is 0 Å². The number of nitrogens with zero attached hydrogens (tertiary/aromatic N) is 2. The summed E-state index contributed by atoms with van der Waals surface area (Å²) >= 11 is 3.66. The van der Waals surface area contributed by atoms with Gasteiger partial charge in [0.15, 0.2) is 7.28 Å². The SMILES string of the molecule is CC(C)(C)c1ccc(Nc2cc3c(cc2-c2ccc4c5cc6sc7ccccc7c6cc5n5c4c2[B]c2cc4nc(-c6ccccc6)sc4cc2-5)-c2ccccc2C3(C)C)cc1. The maximum absolute atomic E-state index is 5.23. The van der Waals surface area contributed by atoms with Crippen molar-refractivity contribution in [3.05, 3.63) is 168 Å². The number of fused-ring (bicyclic) bond motifs is 12. The van der Waals surface area contributed by atoms with Crippen molar-refractivity contribution >= 4 is 104 Å². The van der Waals surface area contributed by atoms with E-state index in [2.05, 4.69) is 203 Å². The zero-order valence-electron chi connectivity index (χ0n) is 35.2. The highest BCUT2D eigenvalue weighted by atomic mass is 32.1. The Morgan fingerprint density at radius 2 is 1.39 bits per heavy atom. The second kappa shape index (κ2) is 12.8. The maximum Gasteiger partial charge on any atom is 0.198 e. The smallest absolute Gasteiger partial charge is 0.198 e. The number of aromatic nitrogens is 2. The highest BCUT2D eigenvalue weighted by molar-refractivity contribution is 7.26. The largest absolute Gasteiger partial charge is 0.355 e. The Bertz CT molecular complexity index is 3690. The van der Waals surface area contributed by atoms with Gasteiger partial charge in [-0.2, -0.15) is 0 Å². The van der Waals surface area contributed by atoms with Crippen LogP contribution in [-0.4, -0.2) is 16.8 Å². The molecule has 0 amide bonds. The number of rotatable bonds is 4. The maximum atomic E-state index is 5.23. The molecule has 1 radical (unpaired) electrons. The molecule has 2 aliphatic rings. The van der Waals surface area contributed by atoms with Crippen molar-refractivity contribution in [2.45, 2.75) is 45.4 Å². The first-order valence-corrected chi connectivity index (χ1v) is 23.2. The van der Waals surface area contributed by atoms with E-state index in [0.717, 1.165) is 27.5 Å². The van der Waals surface area contributed by atoms with Crippen LogP contribution in [-0.2, 0) is 10.8 Å². The summed E-state index contributed by atoms with van der Waals surface area (Å²) in [7, 11) is 2.44. The third-order valence-corrected chi connectivity index (χ3v) is 15.8. The van der Waals surface area contributed by atoms with E-state index in [1.807, 2.05) is 11.3 Å². The lowest BCUT2D eigenvalue weighted by Crippen LogP contribution is -2.37. The molecule has 6 heteroatoms. The van der Waals surface area contributed by atoms with Gasteiger partial charge >= 0.3 is 0 Å². The van der Waals surface area contributed by atoms with E-state index in [0.29, 0.717) is 0 Å². The summed E-state index contributed by atoms with van der Waals surface area (Å²) < 4.78 is 6.40. The Morgan fingerprint density at radius 3 is 2.23 bits per heavy atom. The van der Waals surface area contributed by atoms with Crippen LogP contribution in [0.15, 0.2) is 152 Å². The number of thiazole rings is 1. The summed E-state index contributed by atoms with van der Waals surface area (Å²) in [6, 6.07) is 56.7. The molecule has 0 unspecified atom stereocenters. The molecule has 1 N–H and O–H groups in total. The summed E-state index contributed by atoms with van der Waals surface area (Å²) in [6.45, 7) is 11.6. The first-order valence-electron chi connectivity index (χ1n) is 21.5. The first kappa shape index (κ1) is 36.2. The molecule has 8 aromatic carbocycles. The molecule has 0 saturated carbocycles. The molecule has 62 heavy (non-hydrogen) atoms. The van der Waals surface area contributed by atoms with E-state index in [-0.39, 0.29) is 10.8 Å². The second-order valence-electron chi connectivity index (χ2n) is 18.7. The van der Waals surface area contributed by atoms with Crippen LogP contribution in [0.3, 0.4) is 0 Å². The van der Waals surface area contributed by atoms with E-state index in [9.17, 15) is 0 Å². The van der Waals surface area contributed by atoms with E-state index < -0.39 is 0 Å². The van der Waals surface area contributed by atoms with Crippen molar-refractivity contribution in [3.8, 4) is 38.5 Å². The topological polar surface area (TPSA) is 29.9 Å². The predicted octanol–water partition coefficient (Wildman–Crippen LogP) is 14.4. The molecule has 295 valence electrons. The van der Waals surface area contributed by atoms with Gasteiger partial charge in [0.2, 0.25) is 0 Å². The molecule has 0 spiro atoms. The van der Waals surface area contributed by atoms with Crippen LogP contribution in [0.25, 0.3) is 90.7 Å². The van der Waals surface area contributed by atoms with Crippen LogP contribution in [0, 0.1) is 0 Å². The average molecular weight is 831 g/mol. The molecule has 11 aromatic rings. The molecule has 3 aromatic heterocycles. The van der Waals surface area contributed by atoms with Crippen LogP contribution < -0.4 is 16.2 Å². The van der Waals surface area contributed by atoms with Gasteiger partial charge in [-0.15, -0.1) is 22.7 Å². The molecule has 3 nitrogen and oxygen atoms in total. The van der Waals surface area contributed by atoms with E-state index in [4.69, 9.17) is 4.98 Å². The number of hydrogen-bond donors (Lipinski definition) is 1. The lowest BCUT2D eigenvalue weighted by Gasteiger charge is -2.26. The van der Waals surface area contributed by atoms with Gasteiger partial charge in [0.05, 0.1) is 15.7 Å². The minimum absolute atomic E-state index is 0.0746. The number of nitrogens with one attached hydrogen (secondary N) is 1. The highest BCUT2D eigenvalue weighted by Crippen LogP contribution is 2.52. The lowest BCUT2D eigenvalue weighted by molar-refractivity contribution is 0.590. The summed E-state index contributed by atoms with van der Waals surface area (Å²) in [5.74, 6) is 0. The van der Waals surface area contributed by atoms with E-state index in [1.54, 1.807) is 11.3 Å². The van der Waals surface area contributed by atoms with Crippen molar-refractivity contribution < 1.29 is 0 Å². The lowest BCUT2D eigenvalue weighted by atomic mass is 9.59. The van der Waals surface area contributed by atoms with Crippen molar-refractivity contribution in [1.82, 2.24) is 9.55 Å². The van der Waals surface area contributed by atoms with Crippen LogP contribution in [0.4, 0.5) is 11.4 Å². The first-order chi connectivity index (χ1) is 30.1. The molecule has 1 aliphatic carbocycles. The van der Waals surface area contributed by atoms with Crippen LogP contribution in [0.2, 0.25) is 0 Å². The fourth-order valence-corrected chi connectivity index (χ4v) is 12.5. The summed E-state index contributed by atoms with van der Waals surface area (Å²) in [6.07, 6.45) is 0. The molecule has 0 bridgehead atoms. The molecule has 1 aliphatic heterocycles. The monoisotopic (exact) mass is 830 g/mol. The normalized spacial score (nSPS) is 13.8. The number of thiophene rings is 1. The minimum Gasteiger partial charge on any atom is -0.355 e. The minimum atomic E-state index is -0.138. The van der Waals surface area contributed by atoms with Crippen molar-refractivity contribution in [3.63, 3.8) is 0 Å². The number of hydrogen-bond acceptors (Lipinski definition) is 4. The third-order valence-electron chi connectivity index (χ3n) is 13.6. The Labute approximate surface area is 369 Å². The molecular weight excluding hydrogens is 790 g/mol. The van der Waals surface area contributed by atoms with Gasteiger partial charge in [-0.25, -0.2) is 4.98 Å². The van der Waals surface area contributed by atoms with E-state index in [1.165, 1.54) is 102 Å². The standard InChI is InChI=1S/C56H41BN3S2/c1-55(2,3)32-19-21-33(22-20-32)58-45-28-43-38(34-15-9-11-17-42(34)56(43,4)5)25-39(45)36-23-24-37-40-27-50-41(35-16-10-12-18-49(35)61-50)26-47(40)60-48-30-51-46(29-44(48)57-52(36)53(37)60)59-54(62-51)31-13-7-6-8-14-31/h6-30,58H,1-5H3. The van der Waals surface area contributed by atoms with Gasteiger partial charge < -0.3 is 9.88 Å². The molecule has 0 saturated heterocycles. The summed E-state index contributed by atoms with van der Waals surface area (Å²) in [5, 5.41) is 10.2. The molecular formula is C56H41BN3S2. The van der Waals surface area contributed by atoms with Crippen LogP contribution in [0.5, 0.6) is 0 Å². The van der Waals surface area contributed by atoms with Gasteiger partial charge in [-0.1, -0.05) is 137 Å². The van der Waals surface area contributed by atoms with Crippen LogP contribution >= 0.6 is 22.7 Å². The zero-order chi connectivity index (χ0) is 41.6. The van der Waals surface area contributed by atoms with Gasteiger partial charge in [0.25, 0.3) is 0 Å².